The van der Waals surface area contributed by atoms with Crippen LogP contribution in [0.1, 0.15) is 30.4 Å². The number of hydrogen-bond acceptors (Lipinski definition) is 4. The summed E-state index contributed by atoms with van der Waals surface area (Å²) in [5.41, 5.74) is 7.65. The fraction of sp³-hybridized carbons (Fsp3) is 0.250. The van der Waals surface area contributed by atoms with E-state index in [0.717, 1.165) is 46.2 Å². The Hall–Kier alpha value is -4.16. The minimum absolute atomic E-state index is 0.0554. The normalized spacial score (nSPS) is 17.4. The molecule has 3 N–H and O–H groups in total. The minimum Gasteiger partial charge on any atom is -0.457 e. The third-order valence-corrected chi connectivity index (χ3v) is 7.02. The van der Waals surface area contributed by atoms with Gasteiger partial charge in [-0.2, -0.15) is 0 Å². The van der Waals surface area contributed by atoms with E-state index in [4.69, 9.17) is 10.5 Å². The second-order valence-electron chi connectivity index (χ2n) is 9.77. The van der Waals surface area contributed by atoms with E-state index in [1.54, 1.807) is 4.90 Å². The van der Waals surface area contributed by atoms with Crippen molar-refractivity contribution in [3.8, 4) is 11.5 Å². The van der Waals surface area contributed by atoms with Crippen LogP contribution in [-0.4, -0.2) is 35.3 Å². The van der Waals surface area contributed by atoms with Crippen molar-refractivity contribution in [1.82, 2.24) is 10.2 Å². The van der Waals surface area contributed by atoms with Crippen molar-refractivity contribution in [2.45, 2.75) is 44.3 Å². The van der Waals surface area contributed by atoms with Gasteiger partial charge in [-0.05, 0) is 72.0 Å². The Labute approximate surface area is 223 Å². The van der Waals surface area contributed by atoms with Crippen molar-refractivity contribution < 1.29 is 14.3 Å². The van der Waals surface area contributed by atoms with E-state index in [1.165, 1.54) is 0 Å². The van der Waals surface area contributed by atoms with E-state index in [-0.39, 0.29) is 11.8 Å². The second kappa shape index (κ2) is 11.9. The number of unbranched alkanes of at least 4 members (excludes halogenated alkanes) is 1. The summed E-state index contributed by atoms with van der Waals surface area (Å²) < 4.78 is 5.91. The number of nitrogens with one attached hydrogen (secondary N) is 1. The van der Waals surface area contributed by atoms with E-state index >= 15 is 0 Å². The fourth-order valence-corrected chi connectivity index (χ4v) is 5.01. The highest BCUT2D eigenvalue weighted by Gasteiger charge is 2.40. The first kappa shape index (κ1) is 25.5. The minimum atomic E-state index is -0.602. The summed E-state index contributed by atoms with van der Waals surface area (Å²) in [6.45, 7) is 0.926. The van der Waals surface area contributed by atoms with Gasteiger partial charge in [-0.25, -0.2) is 0 Å². The van der Waals surface area contributed by atoms with Crippen molar-refractivity contribution in [2.75, 3.05) is 6.54 Å². The Balaban J connectivity index is 1.33. The molecule has 4 aromatic rings. The number of rotatable bonds is 10. The molecule has 6 heteroatoms. The van der Waals surface area contributed by atoms with E-state index in [2.05, 4.69) is 29.6 Å². The molecule has 0 aliphatic carbocycles. The maximum Gasteiger partial charge on any atom is 0.246 e. The predicted molar refractivity (Wildman–Crippen MR) is 150 cm³/mol. The first-order valence-electron chi connectivity index (χ1n) is 13.2. The molecular weight excluding hydrogens is 474 g/mol. The number of piperazine rings is 1. The van der Waals surface area contributed by atoms with Gasteiger partial charge in [0.2, 0.25) is 11.8 Å². The van der Waals surface area contributed by atoms with Crippen LogP contribution in [0.3, 0.4) is 0 Å². The standard InChI is InChI=1S/C32H33N3O3/c33-19-7-6-12-30-31(36)34-29(21-24-13-16-25-8-4-5-9-26(25)20-24)32(37)35(30)22-23-14-17-28(18-15-23)38-27-10-2-1-3-11-27/h1-5,8-11,13-18,20,29-30H,6-7,12,19,21-22,33H2,(H,34,36)/t29-,30-/m0/s1. The zero-order chi connectivity index (χ0) is 26.3. The molecule has 38 heavy (non-hydrogen) atoms. The van der Waals surface area contributed by atoms with Gasteiger partial charge >= 0.3 is 0 Å². The SMILES string of the molecule is NCCCC[C@H]1C(=O)N[C@@H](Cc2ccc3ccccc3c2)C(=O)N1Cc1ccc(Oc2ccccc2)cc1. The van der Waals surface area contributed by atoms with Crippen LogP contribution < -0.4 is 15.8 Å². The van der Waals surface area contributed by atoms with Crippen LogP contribution in [0.4, 0.5) is 0 Å². The molecule has 0 unspecified atom stereocenters. The van der Waals surface area contributed by atoms with Crippen LogP contribution in [0.2, 0.25) is 0 Å². The third kappa shape index (κ3) is 6.03. The summed E-state index contributed by atoms with van der Waals surface area (Å²) in [6, 6.07) is 30.5. The van der Waals surface area contributed by atoms with Crippen LogP contribution in [-0.2, 0) is 22.6 Å². The number of nitrogens with two attached hydrogens (primary N) is 1. The van der Waals surface area contributed by atoms with E-state index < -0.39 is 12.1 Å². The van der Waals surface area contributed by atoms with Crippen molar-refractivity contribution in [3.05, 3.63) is 108 Å². The molecular formula is C32H33N3O3. The third-order valence-electron chi connectivity index (χ3n) is 7.02. The number of ether oxygens (including phenoxy) is 1. The molecule has 1 aliphatic heterocycles. The van der Waals surface area contributed by atoms with Crippen LogP contribution in [0, 0.1) is 0 Å². The van der Waals surface area contributed by atoms with Crippen molar-refractivity contribution in [1.29, 1.82) is 0 Å². The molecule has 0 radical (unpaired) electrons. The van der Waals surface area contributed by atoms with Gasteiger partial charge in [0.1, 0.15) is 23.6 Å². The highest BCUT2D eigenvalue weighted by Crippen LogP contribution is 2.25. The van der Waals surface area contributed by atoms with Crippen LogP contribution in [0.25, 0.3) is 10.8 Å². The summed E-state index contributed by atoms with van der Waals surface area (Å²) in [7, 11) is 0. The number of fused-ring (bicyclic) bond motifs is 1. The molecule has 4 aromatic carbocycles. The van der Waals surface area contributed by atoms with Gasteiger partial charge in [0.25, 0.3) is 0 Å². The number of carbonyl (C=O) groups excluding carboxylic acids is 2. The Kier molecular flexibility index (Phi) is 8.00. The lowest BCUT2D eigenvalue weighted by Gasteiger charge is -2.39. The van der Waals surface area contributed by atoms with Gasteiger partial charge in [0.15, 0.2) is 0 Å². The van der Waals surface area contributed by atoms with Crippen molar-refractivity contribution >= 4 is 22.6 Å². The molecule has 0 spiro atoms. The van der Waals surface area contributed by atoms with Crippen LogP contribution in [0.15, 0.2) is 97.1 Å². The van der Waals surface area contributed by atoms with E-state index in [1.807, 2.05) is 72.8 Å². The molecule has 2 amide bonds. The van der Waals surface area contributed by atoms with Gasteiger partial charge in [-0.1, -0.05) is 72.8 Å². The van der Waals surface area contributed by atoms with Gasteiger partial charge in [-0.15, -0.1) is 0 Å². The topological polar surface area (TPSA) is 84.7 Å². The molecule has 194 valence electrons. The molecule has 1 fully saturated rings. The summed E-state index contributed by atoms with van der Waals surface area (Å²) in [5, 5.41) is 5.28. The number of nitrogens with zero attached hydrogens (tertiary/aromatic N) is 1. The smallest absolute Gasteiger partial charge is 0.246 e. The highest BCUT2D eigenvalue weighted by atomic mass is 16.5. The quantitative estimate of drug-likeness (QED) is 0.289. The highest BCUT2D eigenvalue weighted by molar-refractivity contribution is 5.97. The maximum absolute atomic E-state index is 13.8. The second-order valence-corrected chi connectivity index (χ2v) is 9.77. The Bertz CT molecular complexity index is 1390. The summed E-state index contributed by atoms with van der Waals surface area (Å²) in [6.07, 6.45) is 2.65. The van der Waals surface area contributed by atoms with Crippen molar-refractivity contribution in [2.24, 2.45) is 5.73 Å². The molecule has 0 aromatic heterocycles. The first-order valence-corrected chi connectivity index (χ1v) is 13.2. The van der Waals surface area contributed by atoms with Gasteiger partial charge in [0.05, 0.1) is 0 Å². The monoisotopic (exact) mass is 507 g/mol. The Morgan fingerprint density at radius 1 is 0.763 bits per heavy atom. The van der Waals surface area contributed by atoms with Crippen LogP contribution >= 0.6 is 0 Å². The number of amides is 2. The maximum atomic E-state index is 13.8. The van der Waals surface area contributed by atoms with Gasteiger partial charge in [-0.3, -0.25) is 9.59 Å². The molecule has 0 bridgehead atoms. The lowest BCUT2D eigenvalue weighted by Crippen LogP contribution is -2.63. The number of para-hydroxylation sites is 1. The van der Waals surface area contributed by atoms with Crippen LogP contribution in [0.5, 0.6) is 11.5 Å². The Morgan fingerprint density at radius 2 is 1.45 bits per heavy atom. The summed E-state index contributed by atoms with van der Waals surface area (Å²) in [5.74, 6) is 1.33. The van der Waals surface area contributed by atoms with E-state index in [9.17, 15) is 9.59 Å². The zero-order valence-electron chi connectivity index (χ0n) is 21.4. The van der Waals surface area contributed by atoms with Gasteiger partial charge < -0.3 is 20.7 Å². The first-order chi connectivity index (χ1) is 18.6. The summed E-state index contributed by atoms with van der Waals surface area (Å²) >= 11 is 0. The lowest BCUT2D eigenvalue weighted by molar-refractivity contribution is -0.150. The number of hydrogen-bond donors (Lipinski definition) is 2. The largest absolute Gasteiger partial charge is 0.457 e. The molecule has 2 atom stereocenters. The molecule has 1 aliphatic rings. The molecule has 1 heterocycles. The molecule has 1 saturated heterocycles. The molecule has 5 rings (SSSR count). The fourth-order valence-electron chi connectivity index (χ4n) is 5.01. The average molecular weight is 508 g/mol. The van der Waals surface area contributed by atoms with Crippen molar-refractivity contribution in [3.63, 3.8) is 0 Å². The van der Waals surface area contributed by atoms with E-state index in [0.29, 0.717) is 25.9 Å². The van der Waals surface area contributed by atoms with Gasteiger partial charge in [0, 0.05) is 13.0 Å². The number of benzene rings is 4. The lowest BCUT2D eigenvalue weighted by atomic mass is 9.96. The predicted octanol–water partition coefficient (Wildman–Crippen LogP) is 5.20. The number of carbonyl (C=O) groups is 2. The molecule has 6 nitrogen and oxygen atoms in total. The zero-order valence-corrected chi connectivity index (χ0v) is 21.4. The Morgan fingerprint density at radius 3 is 2.21 bits per heavy atom. The average Bonchev–Trinajstić information content (AvgIpc) is 2.94. The molecule has 0 saturated carbocycles. The summed E-state index contributed by atoms with van der Waals surface area (Å²) in [4.78, 5) is 28.7.